The van der Waals surface area contributed by atoms with E-state index in [4.69, 9.17) is 10.5 Å². The molecule has 3 aromatic carbocycles. The zero-order valence-electron chi connectivity index (χ0n) is 19.1. The Morgan fingerprint density at radius 1 is 0.879 bits per heavy atom. The monoisotopic (exact) mass is 441 g/mol. The molecule has 170 valence electrons. The minimum absolute atomic E-state index is 0.0348. The van der Waals surface area contributed by atoms with Crippen molar-refractivity contribution >= 4 is 0 Å². The second kappa shape index (κ2) is 9.61. The number of para-hydroxylation sites is 1. The predicted octanol–water partition coefficient (Wildman–Crippen LogP) is 4.67. The number of hydrogen-bond acceptors (Lipinski definition) is 4. The minimum atomic E-state index is -1.37. The number of aliphatic hydroxyl groups is 1. The third-order valence-electron chi connectivity index (χ3n) is 6.10. The van der Waals surface area contributed by atoms with Gasteiger partial charge in [-0.2, -0.15) is 5.10 Å². The summed E-state index contributed by atoms with van der Waals surface area (Å²) in [6, 6.07) is 30.9. The van der Waals surface area contributed by atoms with Crippen molar-refractivity contribution in [1.29, 1.82) is 0 Å². The van der Waals surface area contributed by atoms with E-state index in [1.165, 1.54) is 0 Å². The number of nitrogens with two attached hydrogens (primary N) is 1. The second-order valence-electron chi connectivity index (χ2n) is 9.07. The van der Waals surface area contributed by atoms with Crippen LogP contribution in [0.2, 0.25) is 0 Å². The van der Waals surface area contributed by atoms with Crippen LogP contribution in [-0.2, 0) is 12.0 Å². The van der Waals surface area contributed by atoms with Gasteiger partial charge in [0.25, 0.3) is 0 Å². The molecule has 0 aliphatic rings. The van der Waals surface area contributed by atoms with Crippen LogP contribution in [0.5, 0.6) is 5.75 Å². The molecule has 0 amide bonds. The van der Waals surface area contributed by atoms with Gasteiger partial charge >= 0.3 is 0 Å². The van der Waals surface area contributed by atoms with Gasteiger partial charge < -0.3 is 15.6 Å². The summed E-state index contributed by atoms with van der Waals surface area (Å²) in [7, 11) is 0. The highest BCUT2D eigenvalue weighted by atomic mass is 16.5. The Hall–Kier alpha value is -3.41. The predicted molar refractivity (Wildman–Crippen MR) is 131 cm³/mol. The van der Waals surface area contributed by atoms with Gasteiger partial charge in [-0.1, -0.05) is 78.9 Å². The van der Waals surface area contributed by atoms with Gasteiger partial charge in [-0.3, -0.25) is 5.10 Å². The lowest BCUT2D eigenvalue weighted by atomic mass is 9.82. The summed E-state index contributed by atoms with van der Waals surface area (Å²) in [5, 5.41) is 19.6. The molecule has 4 aromatic rings. The maximum Gasteiger partial charge on any atom is 0.159 e. The van der Waals surface area contributed by atoms with Crippen molar-refractivity contribution in [3.05, 3.63) is 120 Å². The molecule has 4 rings (SSSR count). The molecule has 0 bridgehead atoms. The zero-order valence-corrected chi connectivity index (χ0v) is 19.1. The highest BCUT2D eigenvalue weighted by Gasteiger charge is 2.37. The summed E-state index contributed by atoms with van der Waals surface area (Å²) in [6.45, 7) is 4.49. The third kappa shape index (κ3) is 5.16. The summed E-state index contributed by atoms with van der Waals surface area (Å²) >= 11 is 0. The largest absolute Gasteiger partial charge is 0.493 e. The number of ether oxygens (including phenoxy) is 1. The summed E-state index contributed by atoms with van der Waals surface area (Å²) in [5.74, 6) is 0.854. The number of aromatic nitrogens is 2. The molecule has 0 spiro atoms. The fourth-order valence-electron chi connectivity index (χ4n) is 3.99. The van der Waals surface area contributed by atoms with Crippen LogP contribution in [0.25, 0.3) is 0 Å². The molecule has 0 radical (unpaired) electrons. The first-order valence-electron chi connectivity index (χ1n) is 11.2. The number of H-pyrrole nitrogens is 1. The summed E-state index contributed by atoms with van der Waals surface area (Å²) in [5.41, 5.74) is 7.64. The number of nitrogens with zero attached hydrogens (tertiary/aromatic N) is 1. The van der Waals surface area contributed by atoms with Crippen LogP contribution < -0.4 is 10.5 Å². The molecule has 1 heterocycles. The number of aromatic amines is 1. The van der Waals surface area contributed by atoms with Gasteiger partial charge in [-0.25, -0.2) is 0 Å². The molecular formula is C28H31N3O2. The smallest absolute Gasteiger partial charge is 0.159 e. The fraction of sp³-hybridized carbons (Fsp3) is 0.250. The normalized spacial score (nSPS) is 13.0. The molecule has 0 saturated heterocycles. The summed E-state index contributed by atoms with van der Waals surface area (Å²) < 4.78 is 6.02. The Bertz CT molecular complexity index is 1100. The maximum atomic E-state index is 12.0. The lowest BCUT2D eigenvalue weighted by molar-refractivity contribution is 0.121. The van der Waals surface area contributed by atoms with Crippen molar-refractivity contribution in [2.75, 3.05) is 6.61 Å². The van der Waals surface area contributed by atoms with E-state index in [-0.39, 0.29) is 5.92 Å². The maximum absolute atomic E-state index is 12.0. The Morgan fingerprint density at radius 3 is 1.91 bits per heavy atom. The number of rotatable bonds is 9. The van der Waals surface area contributed by atoms with E-state index in [1.807, 2.05) is 111 Å². The van der Waals surface area contributed by atoms with E-state index in [1.54, 1.807) is 0 Å². The Kier molecular flexibility index (Phi) is 6.63. The Labute approximate surface area is 195 Å². The van der Waals surface area contributed by atoms with Crippen LogP contribution in [0.1, 0.15) is 36.4 Å². The molecule has 0 fully saturated rings. The molecule has 0 aliphatic carbocycles. The Balaban J connectivity index is 1.61. The van der Waals surface area contributed by atoms with Crippen LogP contribution in [0.3, 0.4) is 0 Å². The SMILES string of the molecule is CC(C)(N)C(COc1ccccc1)Cc1cc(C(O)(c2ccccc2)c2ccccc2)n[nH]1. The van der Waals surface area contributed by atoms with E-state index >= 15 is 0 Å². The highest BCUT2D eigenvalue weighted by Crippen LogP contribution is 2.36. The van der Waals surface area contributed by atoms with Crippen LogP contribution in [0.15, 0.2) is 97.1 Å². The molecule has 0 saturated carbocycles. The Morgan fingerprint density at radius 2 is 1.39 bits per heavy atom. The average molecular weight is 442 g/mol. The minimum Gasteiger partial charge on any atom is -0.493 e. The molecule has 5 heteroatoms. The van der Waals surface area contributed by atoms with Crippen LogP contribution in [-0.4, -0.2) is 27.4 Å². The third-order valence-corrected chi connectivity index (χ3v) is 6.10. The van der Waals surface area contributed by atoms with Crippen molar-refractivity contribution in [2.24, 2.45) is 11.7 Å². The van der Waals surface area contributed by atoms with E-state index in [0.717, 1.165) is 22.6 Å². The lowest BCUT2D eigenvalue weighted by Gasteiger charge is -2.30. The quantitative estimate of drug-likeness (QED) is 0.352. The van der Waals surface area contributed by atoms with Gasteiger partial charge in [-0.05, 0) is 49.6 Å². The van der Waals surface area contributed by atoms with Crippen molar-refractivity contribution in [3.8, 4) is 5.75 Å². The first kappa shape index (κ1) is 22.8. The van der Waals surface area contributed by atoms with Crippen LogP contribution >= 0.6 is 0 Å². The number of benzene rings is 3. The highest BCUT2D eigenvalue weighted by molar-refractivity contribution is 5.44. The van der Waals surface area contributed by atoms with Crippen molar-refractivity contribution < 1.29 is 9.84 Å². The second-order valence-corrected chi connectivity index (χ2v) is 9.07. The molecule has 4 N–H and O–H groups in total. The lowest BCUT2D eigenvalue weighted by Crippen LogP contribution is -2.45. The van der Waals surface area contributed by atoms with E-state index in [9.17, 15) is 5.11 Å². The number of hydrogen-bond donors (Lipinski definition) is 3. The van der Waals surface area contributed by atoms with Crippen LogP contribution in [0.4, 0.5) is 0 Å². The van der Waals surface area contributed by atoms with E-state index < -0.39 is 11.1 Å². The molecule has 5 nitrogen and oxygen atoms in total. The molecular weight excluding hydrogens is 410 g/mol. The van der Waals surface area contributed by atoms with Gasteiger partial charge in [0, 0.05) is 17.2 Å². The summed E-state index contributed by atoms with van der Waals surface area (Å²) in [4.78, 5) is 0. The fourth-order valence-corrected chi connectivity index (χ4v) is 3.99. The van der Waals surface area contributed by atoms with Crippen molar-refractivity contribution in [3.63, 3.8) is 0 Å². The topological polar surface area (TPSA) is 84.2 Å². The van der Waals surface area contributed by atoms with E-state index in [0.29, 0.717) is 18.7 Å². The molecule has 1 aromatic heterocycles. The average Bonchev–Trinajstić information content (AvgIpc) is 3.31. The van der Waals surface area contributed by atoms with Crippen molar-refractivity contribution in [2.45, 2.75) is 31.4 Å². The van der Waals surface area contributed by atoms with Gasteiger partial charge in [0.1, 0.15) is 11.4 Å². The molecule has 0 aliphatic heterocycles. The van der Waals surface area contributed by atoms with Gasteiger partial charge in [0.05, 0.1) is 6.61 Å². The van der Waals surface area contributed by atoms with Gasteiger partial charge in [-0.15, -0.1) is 0 Å². The molecule has 1 unspecified atom stereocenters. The van der Waals surface area contributed by atoms with Crippen LogP contribution in [0, 0.1) is 5.92 Å². The summed E-state index contributed by atoms with van der Waals surface area (Å²) in [6.07, 6.45) is 0.642. The molecule has 33 heavy (non-hydrogen) atoms. The van der Waals surface area contributed by atoms with Gasteiger partial charge in [0.15, 0.2) is 5.60 Å². The standard InChI is InChI=1S/C28H31N3O2/c1-27(2,29)23(20-33-25-16-10-5-11-17-25)18-24-19-26(31-30-24)28(32,21-12-6-3-7-13-21)22-14-8-4-9-15-22/h3-17,19,23,32H,18,20,29H2,1-2H3,(H,30,31). The zero-order chi connectivity index (χ0) is 23.3. The van der Waals surface area contributed by atoms with E-state index in [2.05, 4.69) is 10.2 Å². The molecule has 1 atom stereocenters. The van der Waals surface area contributed by atoms with Crippen molar-refractivity contribution in [1.82, 2.24) is 10.2 Å². The van der Waals surface area contributed by atoms with Gasteiger partial charge in [0.2, 0.25) is 0 Å². The first-order chi connectivity index (χ1) is 15.9. The first-order valence-corrected chi connectivity index (χ1v) is 11.2. The number of nitrogens with one attached hydrogen (secondary N) is 1.